The van der Waals surface area contributed by atoms with Gasteiger partial charge in [-0.05, 0) is 52.2 Å². The molecule has 3 N–H and O–H groups in total. The minimum absolute atomic E-state index is 0. The number of aliphatic imine (C=N–C) groups is 1. The van der Waals surface area contributed by atoms with Gasteiger partial charge in [0.25, 0.3) is 0 Å². The molecule has 0 aromatic heterocycles. The van der Waals surface area contributed by atoms with E-state index in [1.165, 1.54) is 16.7 Å². The quantitative estimate of drug-likeness (QED) is 0.254. The maximum Gasteiger partial charge on any atom is 0.407 e. The monoisotopic (exact) mass is 476 g/mol. The average Bonchev–Trinajstić information content (AvgIpc) is 2.49. The first-order valence-corrected chi connectivity index (χ1v) is 8.69. The van der Waals surface area contributed by atoms with Crippen LogP contribution in [0.5, 0.6) is 0 Å². The van der Waals surface area contributed by atoms with Crippen molar-refractivity contribution in [1.82, 2.24) is 16.0 Å². The fourth-order valence-electron chi connectivity index (χ4n) is 2.24. The van der Waals surface area contributed by atoms with Crippen LogP contribution in [0.1, 0.15) is 43.9 Å². The first-order valence-electron chi connectivity index (χ1n) is 8.69. The lowest BCUT2D eigenvalue weighted by Crippen LogP contribution is -2.39. The van der Waals surface area contributed by atoms with Gasteiger partial charge in [-0.15, -0.1) is 24.0 Å². The average molecular weight is 476 g/mol. The van der Waals surface area contributed by atoms with Crippen LogP contribution < -0.4 is 16.0 Å². The summed E-state index contributed by atoms with van der Waals surface area (Å²) in [7, 11) is 1.75. The molecule has 0 aliphatic carbocycles. The standard InChI is InChI=1S/C19H32N4O2.HI/c1-14-8-9-16(15(2)12-14)13-23-17(20-6)21-10-7-11-22-18(24)25-19(3,4)5;/h8-9,12H,7,10-11,13H2,1-6H3,(H,22,24)(H2,20,21,23);1H. The van der Waals surface area contributed by atoms with Crippen molar-refractivity contribution in [3.63, 3.8) is 0 Å². The highest BCUT2D eigenvalue weighted by atomic mass is 127. The van der Waals surface area contributed by atoms with E-state index in [0.717, 1.165) is 18.9 Å². The zero-order valence-corrected chi connectivity index (χ0v) is 19.1. The number of aryl methyl sites for hydroxylation is 2. The van der Waals surface area contributed by atoms with E-state index in [4.69, 9.17) is 4.74 Å². The number of hydrogen-bond donors (Lipinski definition) is 3. The smallest absolute Gasteiger partial charge is 0.407 e. The van der Waals surface area contributed by atoms with Crippen LogP contribution in [0.3, 0.4) is 0 Å². The van der Waals surface area contributed by atoms with Crippen LogP contribution in [-0.4, -0.2) is 37.8 Å². The first kappa shape index (κ1) is 24.5. The Bertz CT molecular complexity index is 598. The number of carbonyl (C=O) groups excluding carboxylic acids is 1. The maximum atomic E-state index is 11.5. The topological polar surface area (TPSA) is 74.8 Å². The Kier molecular flexibility index (Phi) is 11.3. The Morgan fingerprint density at radius 1 is 1.12 bits per heavy atom. The van der Waals surface area contributed by atoms with Gasteiger partial charge in [0.1, 0.15) is 5.60 Å². The predicted molar refractivity (Wildman–Crippen MR) is 118 cm³/mol. The number of benzene rings is 1. The SMILES string of the molecule is CN=C(NCCCNC(=O)OC(C)(C)C)NCc1ccc(C)cc1C.I. The van der Waals surface area contributed by atoms with Gasteiger partial charge < -0.3 is 20.7 Å². The Morgan fingerprint density at radius 2 is 1.77 bits per heavy atom. The van der Waals surface area contributed by atoms with E-state index in [1.807, 2.05) is 20.8 Å². The molecule has 0 spiro atoms. The largest absolute Gasteiger partial charge is 0.444 e. The Morgan fingerprint density at radius 3 is 2.35 bits per heavy atom. The van der Waals surface area contributed by atoms with Crippen molar-refractivity contribution < 1.29 is 9.53 Å². The summed E-state index contributed by atoms with van der Waals surface area (Å²) in [6, 6.07) is 6.42. The van der Waals surface area contributed by atoms with Gasteiger partial charge in [0.15, 0.2) is 5.96 Å². The molecule has 0 saturated carbocycles. The molecule has 0 bridgehead atoms. The summed E-state index contributed by atoms with van der Waals surface area (Å²) in [4.78, 5) is 15.8. The minimum atomic E-state index is -0.470. The summed E-state index contributed by atoms with van der Waals surface area (Å²) in [5.74, 6) is 0.747. The van der Waals surface area contributed by atoms with E-state index in [-0.39, 0.29) is 30.1 Å². The van der Waals surface area contributed by atoms with Gasteiger partial charge in [-0.3, -0.25) is 4.99 Å². The van der Waals surface area contributed by atoms with Crippen LogP contribution in [-0.2, 0) is 11.3 Å². The molecule has 6 nitrogen and oxygen atoms in total. The lowest BCUT2D eigenvalue weighted by Gasteiger charge is -2.19. The number of guanidine groups is 1. The summed E-state index contributed by atoms with van der Waals surface area (Å²) in [5, 5.41) is 9.28. The van der Waals surface area contributed by atoms with Crippen LogP contribution in [0.15, 0.2) is 23.2 Å². The van der Waals surface area contributed by atoms with Crippen molar-refractivity contribution in [2.45, 2.75) is 53.2 Å². The molecular weight excluding hydrogens is 443 g/mol. The first-order chi connectivity index (χ1) is 11.7. The zero-order chi connectivity index (χ0) is 18.9. The van der Waals surface area contributed by atoms with Crippen molar-refractivity contribution >= 4 is 36.0 Å². The third-order valence-electron chi connectivity index (χ3n) is 3.48. The van der Waals surface area contributed by atoms with Crippen molar-refractivity contribution in [3.8, 4) is 0 Å². The number of hydrogen-bond acceptors (Lipinski definition) is 3. The molecule has 26 heavy (non-hydrogen) atoms. The molecule has 0 saturated heterocycles. The van der Waals surface area contributed by atoms with E-state index in [0.29, 0.717) is 13.1 Å². The molecule has 0 unspecified atom stereocenters. The summed E-state index contributed by atoms with van der Waals surface area (Å²) in [6.07, 6.45) is 0.397. The van der Waals surface area contributed by atoms with Gasteiger partial charge in [-0.1, -0.05) is 23.8 Å². The second-order valence-corrected chi connectivity index (χ2v) is 7.06. The van der Waals surface area contributed by atoms with E-state index in [1.54, 1.807) is 7.05 Å². The molecular formula is C19H33IN4O2. The minimum Gasteiger partial charge on any atom is -0.444 e. The van der Waals surface area contributed by atoms with Crippen LogP contribution >= 0.6 is 24.0 Å². The van der Waals surface area contributed by atoms with Gasteiger partial charge >= 0.3 is 6.09 Å². The lowest BCUT2D eigenvalue weighted by atomic mass is 10.1. The van der Waals surface area contributed by atoms with E-state index in [9.17, 15) is 4.79 Å². The molecule has 148 valence electrons. The zero-order valence-electron chi connectivity index (χ0n) is 16.7. The van der Waals surface area contributed by atoms with Crippen LogP contribution in [0.2, 0.25) is 0 Å². The Balaban J connectivity index is 0.00000625. The molecule has 0 atom stereocenters. The third-order valence-corrected chi connectivity index (χ3v) is 3.48. The highest BCUT2D eigenvalue weighted by Crippen LogP contribution is 2.10. The number of amides is 1. The van der Waals surface area contributed by atoms with E-state index >= 15 is 0 Å². The lowest BCUT2D eigenvalue weighted by molar-refractivity contribution is 0.0527. The van der Waals surface area contributed by atoms with Crippen molar-refractivity contribution in [2.75, 3.05) is 20.1 Å². The van der Waals surface area contributed by atoms with Crippen LogP contribution in [0, 0.1) is 13.8 Å². The van der Waals surface area contributed by atoms with Gasteiger partial charge in [0, 0.05) is 26.7 Å². The van der Waals surface area contributed by atoms with E-state index < -0.39 is 5.60 Å². The fourth-order valence-corrected chi connectivity index (χ4v) is 2.24. The Hall–Kier alpha value is -1.51. The molecule has 7 heteroatoms. The van der Waals surface area contributed by atoms with Crippen molar-refractivity contribution in [3.05, 3.63) is 34.9 Å². The molecule has 1 aromatic carbocycles. The maximum absolute atomic E-state index is 11.5. The molecule has 0 fully saturated rings. The second kappa shape index (κ2) is 12.0. The molecule has 0 aliphatic heterocycles. The Labute approximate surface area is 174 Å². The van der Waals surface area contributed by atoms with Gasteiger partial charge in [-0.2, -0.15) is 0 Å². The highest BCUT2D eigenvalue weighted by molar-refractivity contribution is 14.0. The molecule has 1 rings (SSSR count). The van der Waals surface area contributed by atoms with Crippen LogP contribution in [0.25, 0.3) is 0 Å². The van der Waals surface area contributed by atoms with Gasteiger partial charge in [-0.25, -0.2) is 4.79 Å². The number of carbonyl (C=O) groups is 1. The van der Waals surface area contributed by atoms with Gasteiger partial charge in [0.2, 0.25) is 0 Å². The number of nitrogens with one attached hydrogen (secondary N) is 3. The number of halogens is 1. The van der Waals surface area contributed by atoms with Gasteiger partial charge in [0.05, 0.1) is 0 Å². The fraction of sp³-hybridized carbons (Fsp3) is 0.579. The number of alkyl carbamates (subject to hydrolysis) is 1. The molecule has 0 heterocycles. The summed E-state index contributed by atoms with van der Waals surface area (Å²) in [6.45, 7) is 11.7. The molecule has 0 radical (unpaired) electrons. The number of nitrogens with zero attached hydrogens (tertiary/aromatic N) is 1. The van der Waals surface area contributed by atoms with Crippen LogP contribution in [0.4, 0.5) is 4.79 Å². The number of rotatable bonds is 6. The van der Waals surface area contributed by atoms with Crippen molar-refractivity contribution in [1.29, 1.82) is 0 Å². The summed E-state index contributed by atoms with van der Waals surface area (Å²) >= 11 is 0. The third kappa shape index (κ3) is 10.5. The number of ether oxygens (including phenoxy) is 1. The summed E-state index contributed by atoms with van der Waals surface area (Å²) < 4.78 is 5.19. The molecule has 1 amide bonds. The van der Waals surface area contributed by atoms with Crippen molar-refractivity contribution in [2.24, 2.45) is 4.99 Å². The predicted octanol–water partition coefficient (Wildman–Crippen LogP) is 3.50. The molecule has 1 aromatic rings. The summed E-state index contributed by atoms with van der Waals surface area (Å²) in [5.41, 5.74) is 3.31. The second-order valence-electron chi connectivity index (χ2n) is 7.06. The normalized spacial score (nSPS) is 11.4. The van der Waals surface area contributed by atoms with E-state index in [2.05, 4.69) is 53.0 Å². The molecule has 0 aliphatic rings. The highest BCUT2D eigenvalue weighted by Gasteiger charge is 2.15.